The molecule has 0 radical (unpaired) electrons. The number of amides is 8. The largest absolute Gasteiger partial charge is 0.506 e. The molecule has 2 heterocycles. The predicted molar refractivity (Wildman–Crippen MR) is 405 cm³/mol. The van der Waals surface area contributed by atoms with Crippen LogP contribution in [-0.4, -0.2) is 126 Å². The number of phenols is 2. The number of methoxy groups -OCH3 is 1. The second kappa shape index (κ2) is 32.6. The highest BCUT2D eigenvalue weighted by atomic mass is 16.6. The van der Waals surface area contributed by atoms with Gasteiger partial charge < -0.3 is 44.5 Å². The van der Waals surface area contributed by atoms with Crippen molar-refractivity contribution in [1.29, 1.82) is 0 Å². The number of non-ortho nitro benzene ring substituents is 2. The number of anilines is 6. The van der Waals surface area contributed by atoms with Crippen LogP contribution in [-0.2, 0) is 23.9 Å². The van der Waals surface area contributed by atoms with Crippen molar-refractivity contribution in [2.45, 2.75) is 47.5 Å². The van der Waals surface area contributed by atoms with Crippen LogP contribution in [0.3, 0.4) is 0 Å². The zero-order valence-electron chi connectivity index (χ0n) is 60.1. The number of benzene rings is 10. The van der Waals surface area contributed by atoms with E-state index in [4.69, 9.17) is 23.7 Å². The number of hydrazine groups is 2. The molecule has 10 aromatic rings. The number of aromatic hydroxyl groups is 2. The Labute approximate surface area is 619 Å². The lowest BCUT2D eigenvalue weighted by molar-refractivity contribution is -0.385. The van der Waals surface area contributed by atoms with Gasteiger partial charge in [0, 0.05) is 84.8 Å². The van der Waals surface area contributed by atoms with E-state index in [0.717, 1.165) is 49.9 Å². The highest BCUT2D eigenvalue weighted by Gasteiger charge is 2.53. The van der Waals surface area contributed by atoms with Gasteiger partial charge in [-0.2, -0.15) is 10.0 Å². The molecule has 0 aliphatic carbocycles. The van der Waals surface area contributed by atoms with Crippen LogP contribution in [0.5, 0.6) is 40.2 Å². The number of rotatable bonds is 22. The SMILES string of the molecule is CC(=O)OCC1(C)CN(c2ccccc2)N(C(=O)N(C)c2cc([N+](=O)[O-])ccc2Oc2cc(C(=O)Nc3ccccc3C)c(O)c3ccccc23)C1=O.CCCCOCC1CN(c2ccc(OC)cc2)N(C(=O)N(C)c2cc([N+](=O)[O-])ccc2Oc2cc(C(=O)Nc3ccccc3C)c(O)c3ccccc23)C1=O. The molecule has 2 aliphatic heterocycles. The van der Waals surface area contributed by atoms with E-state index >= 15 is 0 Å². The number of nitrogens with zero attached hydrogens (tertiary/aromatic N) is 8. The number of nitro benzene ring substituents is 2. The molecule has 2 unspecified atom stereocenters. The van der Waals surface area contributed by atoms with Crippen molar-refractivity contribution in [1.82, 2.24) is 10.0 Å². The zero-order chi connectivity index (χ0) is 77.3. The molecule has 0 bridgehead atoms. The Bertz CT molecular complexity index is 5160. The summed E-state index contributed by atoms with van der Waals surface area (Å²) in [6.45, 7) is 8.88. The first-order valence-electron chi connectivity index (χ1n) is 34.2. The zero-order valence-corrected chi connectivity index (χ0v) is 60.1. The standard InChI is InChI=1S/C41H41N5O9.C39H35N5O9/c1-5-6-21-54-25-27-24-44(28-15-18-30(53-4)19-16-28)45(40(27)49)41(50)43(3)35-22-29(46(51)52)17-20-36(35)55-37-23-33(38(47)32-13-9-8-12-31(32)37)39(48)42-34-14-10-7-11-26(34)2;1-24-12-8-11-17-31(24)40-36(47)30-21-34(28-15-9-10-16-29(28)35(30)46)53-33-19-18-27(44(50)51)20-32(33)41(4)38(49)43-37(48)39(3,23-52-25(2)45)22-42(43)26-13-6-5-7-14-26/h7-20,22-23,27,47H,5-6,21,24-25H2,1-4H3,(H,42,48);5-21,46H,22-23H2,1-4H3,(H,40,47). The van der Waals surface area contributed by atoms with E-state index < -0.39 is 62.8 Å². The Hall–Kier alpha value is -13.6. The lowest BCUT2D eigenvalue weighted by Gasteiger charge is -2.31. The Balaban J connectivity index is 0.000000215. The van der Waals surface area contributed by atoms with Crippen LogP contribution < -0.4 is 44.7 Å². The van der Waals surface area contributed by atoms with Crippen LogP contribution >= 0.6 is 0 Å². The predicted octanol–water partition coefficient (Wildman–Crippen LogP) is 15.3. The Morgan fingerprint density at radius 3 is 1.50 bits per heavy atom. The minimum atomic E-state index is -1.32. The number of aryl methyl sites for hydroxylation is 2. The molecule has 554 valence electrons. The van der Waals surface area contributed by atoms with Gasteiger partial charge in [0.15, 0.2) is 11.5 Å². The Morgan fingerprint density at radius 1 is 0.583 bits per heavy atom. The average Bonchev–Trinajstić information content (AvgIpc) is 1.36. The van der Waals surface area contributed by atoms with Crippen molar-refractivity contribution in [3.05, 3.63) is 243 Å². The molecule has 2 atom stereocenters. The van der Waals surface area contributed by atoms with Crippen molar-refractivity contribution in [3.8, 4) is 40.2 Å². The fraction of sp³-hybridized carbons (Fsp3) is 0.212. The summed E-state index contributed by atoms with van der Waals surface area (Å²) >= 11 is 0. The van der Waals surface area contributed by atoms with Gasteiger partial charge in [-0.1, -0.05) is 116 Å². The molecule has 0 spiro atoms. The highest BCUT2D eigenvalue weighted by Crippen LogP contribution is 2.46. The highest BCUT2D eigenvalue weighted by molar-refractivity contribution is 6.14. The van der Waals surface area contributed by atoms with Crippen molar-refractivity contribution in [2.24, 2.45) is 11.3 Å². The molecule has 28 heteroatoms. The summed E-state index contributed by atoms with van der Waals surface area (Å²) in [5, 5.41) is 58.4. The number of urea groups is 2. The van der Waals surface area contributed by atoms with Crippen LogP contribution in [0, 0.1) is 45.4 Å². The van der Waals surface area contributed by atoms with Gasteiger partial charge in [0.05, 0.1) is 76.4 Å². The summed E-state index contributed by atoms with van der Waals surface area (Å²) in [4.78, 5) is 121. The first-order chi connectivity index (χ1) is 51.8. The maximum Gasteiger partial charge on any atom is 0.350 e. The number of carbonyl (C=O) groups is 7. The molecule has 0 saturated carbocycles. The fourth-order valence-corrected chi connectivity index (χ4v) is 12.3. The molecular formula is C80H76N10O18. The van der Waals surface area contributed by atoms with Crippen LogP contribution in [0.25, 0.3) is 21.5 Å². The molecule has 2 saturated heterocycles. The van der Waals surface area contributed by atoms with Crippen LogP contribution in [0.2, 0.25) is 0 Å². The first-order valence-corrected chi connectivity index (χ1v) is 34.2. The molecule has 108 heavy (non-hydrogen) atoms. The maximum absolute atomic E-state index is 14.5. The lowest BCUT2D eigenvalue weighted by Crippen LogP contribution is -2.50. The van der Waals surface area contributed by atoms with E-state index in [1.165, 1.54) is 75.6 Å². The quantitative estimate of drug-likeness (QED) is 0.0212. The Kier molecular flexibility index (Phi) is 22.8. The van der Waals surface area contributed by atoms with Crippen LogP contribution in [0.4, 0.5) is 55.1 Å². The second-order valence-electron chi connectivity index (χ2n) is 25.8. The molecule has 0 aromatic heterocycles. The van der Waals surface area contributed by atoms with Gasteiger partial charge in [-0.3, -0.25) is 64.0 Å². The minimum absolute atomic E-state index is 0.00430. The third-order valence-electron chi connectivity index (χ3n) is 18.3. The molecule has 10 aromatic carbocycles. The summed E-state index contributed by atoms with van der Waals surface area (Å²) in [5.74, 6) is -3.45. The summed E-state index contributed by atoms with van der Waals surface area (Å²) in [7, 11) is 4.25. The minimum Gasteiger partial charge on any atom is -0.506 e. The topological polar surface area (TPSA) is 336 Å². The Morgan fingerprint density at radius 2 is 1.04 bits per heavy atom. The van der Waals surface area contributed by atoms with Crippen molar-refractivity contribution in [3.63, 3.8) is 0 Å². The number of ether oxygens (including phenoxy) is 5. The van der Waals surface area contributed by atoms with Gasteiger partial charge in [-0.15, -0.1) is 0 Å². The molecule has 12 rings (SSSR count). The number of fused-ring (bicyclic) bond motifs is 2. The number of esters is 1. The van der Waals surface area contributed by atoms with Crippen molar-refractivity contribution in [2.75, 3.05) is 84.6 Å². The van der Waals surface area contributed by atoms with Crippen LogP contribution in [0.15, 0.2) is 200 Å². The molecule has 2 aliphatic rings. The normalized spacial score (nSPS) is 14.6. The third-order valence-corrected chi connectivity index (χ3v) is 18.3. The van der Waals surface area contributed by atoms with Gasteiger partial charge in [-0.25, -0.2) is 9.59 Å². The van der Waals surface area contributed by atoms with Crippen molar-refractivity contribution >= 4 is 109 Å². The van der Waals surface area contributed by atoms with Gasteiger partial charge in [-0.05, 0) is 111 Å². The molecule has 4 N–H and O–H groups in total. The summed E-state index contributed by atoms with van der Waals surface area (Å²) in [6, 6.07) is 51.6. The number of carbonyl (C=O) groups excluding carboxylic acids is 7. The number of nitro groups is 2. The van der Waals surface area contributed by atoms with Gasteiger partial charge in [0.1, 0.15) is 40.8 Å². The van der Waals surface area contributed by atoms with E-state index in [0.29, 0.717) is 56.7 Å². The third kappa shape index (κ3) is 16.0. The number of nitrogens with one attached hydrogen (secondary N) is 2. The van der Waals surface area contributed by atoms with E-state index in [-0.39, 0.29) is 94.7 Å². The van der Waals surface area contributed by atoms with Gasteiger partial charge >= 0.3 is 18.0 Å². The molecule has 8 amide bonds. The lowest BCUT2D eigenvalue weighted by atomic mass is 9.92. The maximum atomic E-state index is 14.5. The number of hydrogen-bond acceptors (Lipinski definition) is 20. The van der Waals surface area contributed by atoms with Gasteiger partial charge in [0.2, 0.25) is 0 Å². The van der Waals surface area contributed by atoms with Crippen LogP contribution in [0.1, 0.15) is 65.5 Å². The number of phenolic OH excluding ortho intramolecular Hbond substituents is 2. The van der Waals surface area contributed by atoms with E-state index in [2.05, 4.69) is 10.6 Å². The number of hydrogen-bond donors (Lipinski definition) is 4. The average molecular weight is 1470 g/mol. The monoisotopic (exact) mass is 1460 g/mol. The number of imide groups is 2. The second-order valence-corrected chi connectivity index (χ2v) is 25.8. The first kappa shape index (κ1) is 75.5. The van der Waals surface area contributed by atoms with E-state index in [1.807, 2.05) is 45.0 Å². The molecule has 2 fully saturated rings. The fourth-order valence-electron chi connectivity index (χ4n) is 12.3. The van der Waals surface area contributed by atoms with Gasteiger partial charge in [0.25, 0.3) is 35.0 Å². The summed E-state index contributed by atoms with van der Waals surface area (Å²) in [6.07, 6.45) is 1.74. The summed E-state index contributed by atoms with van der Waals surface area (Å²) in [5.41, 5.74) is 1.40. The van der Waals surface area contributed by atoms with Crippen molar-refractivity contribution < 1.29 is 77.3 Å². The molecule has 28 nitrogen and oxygen atoms in total. The molecular weight excluding hydrogens is 1390 g/mol. The number of unbranched alkanes of at least 4 members (excludes halogenated alkanes) is 1. The summed E-state index contributed by atoms with van der Waals surface area (Å²) < 4.78 is 29.1. The number of para-hydroxylation sites is 3. The van der Waals surface area contributed by atoms with E-state index in [1.54, 1.807) is 139 Å². The smallest absolute Gasteiger partial charge is 0.350 e. The van der Waals surface area contributed by atoms with E-state index in [9.17, 15) is 64.0 Å².